The first-order valence-electron chi connectivity index (χ1n) is 9.60. The van der Waals surface area contributed by atoms with E-state index in [9.17, 15) is 19.2 Å². The Morgan fingerprint density at radius 3 is 2.44 bits per heavy atom. The first-order chi connectivity index (χ1) is 13.0. The second-order valence-electron chi connectivity index (χ2n) is 7.49. The van der Waals surface area contributed by atoms with Gasteiger partial charge in [0.25, 0.3) is 0 Å². The number of carbonyl (C=O) groups is 4. The predicted octanol–water partition coefficient (Wildman–Crippen LogP) is 1.85. The van der Waals surface area contributed by atoms with Crippen LogP contribution in [0.15, 0.2) is 18.2 Å². The van der Waals surface area contributed by atoms with E-state index in [0.717, 1.165) is 48.3 Å². The van der Waals surface area contributed by atoms with Gasteiger partial charge >= 0.3 is 0 Å². The molecule has 1 aromatic carbocycles. The highest BCUT2D eigenvalue weighted by atomic mass is 16.2. The van der Waals surface area contributed by atoms with Crippen molar-refractivity contribution in [2.24, 2.45) is 5.92 Å². The molecule has 27 heavy (non-hydrogen) atoms. The van der Waals surface area contributed by atoms with E-state index < -0.39 is 5.91 Å². The Kier molecular flexibility index (Phi) is 4.68. The van der Waals surface area contributed by atoms with Crippen LogP contribution in [-0.4, -0.2) is 41.6 Å². The standard InChI is InChI=1S/C20H23N3O4/c24-17(12-23-18(25)7-8-19(23)26)21-15-6-5-13-9-10-22(16(13)11-15)20(27)14-3-1-2-4-14/h5-6,11,14H,1-4,7-10,12H2,(H,21,24). The predicted molar refractivity (Wildman–Crippen MR) is 99.0 cm³/mol. The van der Waals surface area contributed by atoms with Gasteiger partial charge in [0.15, 0.2) is 0 Å². The van der Waals surface area contributed by atoms with E-state index in [4.69, 9.17) is 0 Å². The van der Waals surface area contributed by atoms with E-state index >= 15 is 0 Å². The average molecular weight is 369 g/mol. The molecule has 4 rings (SSSR count). The highest BCUT2D eigenvalue weighted by Gasteiger charge is 2.33. The number of nitrogens with zero attached hydrogens (tertiary/aromatic N) is 2. The first-order valence-corrected chi connectivity index (χ1v) is 9.60. The van der Waals surface area contributed by atoms with Crippen LogP contribution in [0, 0.1) is 5.92 Å². The van der Waals surface area contributed by atoms with Gasteiger partial charge in [-0.05, 0) is 37.0 Å². The van der Waals surface area contributed by atoms with Gasteiger partial charge in [0, 0.05) is 36.7 Å². The van der Waals surface area contributed by atoms with Crippen LogP contribution in [0.3, 0.4) is 0 Å². The normalized spacial score (nSPS) is 19.7. The molecule has 142 valence electrons. The third kappa shape index (κ3) is 3.46. The maximum absolute atomic E-state index is 12.8. The van der Waals surface area contributed by atoms with E-state index in [1.165, 1.54) is 0 Å². The topological polar surface area (TPSA) is 86.8 Å². The van der Waals surface area contributed by atoms with Crippen LogP contribution < -0.4 is 10.2 Å². The summed E-state index contributed by atoms with van der Waals surface area (Å²) >= 11 is 0. The number of benzene rings is 1. The molecular weight excluding hydrogens is 346 g/mol. The third-order valence-electron chi connectivity index (χ3n) is 5.69. The number of fused-ring (bicyclic) bond motifs is 1. The minimum absolute atomic E-state index is 0.112. The van der Waals surface area contributed by atoms with Crippen molar-refractivity contribution in [1.82, 2.24) is 4.90 Å². The maximum Gasteiger partial charge on any atom is 0.244 e. The van der Waals surface area contributed by atoms with Crippen molar-refractivity contribution in [3.05, 3.63) is 23.8 Å². The van der Waals surface area contributed by atoms with Crippen LogP contribution in [0.2, 0.25) is 0 Å². The number of anilines is 2. The zero-order valence-corrected chi connectivity index (χ0v) is 15.2. The third-order valence-corrected chi connectivity index (χ3v) is 5.69. The molecular formula is C20H23N3O4. The summed E-state index contributed by atoms with van der Waals surface area (Å²) in [6.45, 7) is 0.415. The lowest BCUT2D eigenvalue weighted by molar-refractivity contribution is -0.141. The Labute approximate surface area is 157 Å². The highest BCUT2D eigenvalue weighted by Crippen LogP contribution is 2.35. The molecule has 0 bridgehead atoms. The monoisotopic (exact) mass is 369 g/mol. The van der Waals surface area contributed by atoms with Gasteiger partial charge in [-0.3, -0.25) is 24.1 Å². The minimum atomic E-state index is -0.412. The van der Waals surface area contributed by atoms with Crippen molar-refractivity contribution in [2.75, 3.05) is 23.3 Å². The largest absolute Gasteiger partial charge is 0.324 e. The van der Waals surface area contributed by atoms with Gasteiger partial charge in [-0.1, -0.05) is 18.9 Å². The van der Waals surface area contributed by atoms with Crippen molar-refractivity contribution in [3.63, 3.8) is 0 Å². The molecule has 2 fully saturated rings. The molecule has 1 saturated heterocycles. The summed E-state index contributed by atoms with van der Waals surface area (Å²) < 4.78 is 0. The minimum Gasteiger partial charge on any atom is -0.324 e. The number of rotatable bonds is 4. The van der Waals surface area contributed by atoms with Gasteiger partial charge in [-0.25, -0.2) is 0 Å². The number of nitrogens with one attached hydrogen (secondary N) is 1. The molecule has 0 radical (unpaired) electrons. The van der Waals surface area contributed by atoms with Crippen LogP contribution in [0.5, 0.6) is 0 Å². The summed E-state index contributed by atoms with van der Waals surface area (Å²) in [6.07, 6.45) is 5.30. The lowest BCUT2D eigenvalue weighted by atomic mass is 10.1. The van der Waals surface area contributed by atoms with Gasteiger partial charge in [0.2, 0.25) is 23.6 Å². The number of hydrogen-bond acceptors (Lipinski definition) is 4. The number of likely N-dealkylation sites (tertiary alicyclic amines) is 1. The summed E-state index contributed by atoms with van der Waals surface area (Å²) in [5.74, 6) is -0.732. The van der Waals surface area contributed by atoms with Gasteiger partial charge in [-0.2, -0.15) is 0 Å². The Morgan fingerprint density at radius 1 is 1.04 bits per heavy atom. The Balaban J connectivity index is 1.45. The molecule has 1 aromatic rings. The molecule has 0 aromatic heterocycles. The Bertz CT molecular complexity index is 797. The smallest absolute Gasteiger partial charge is 0.244 e. The summed E-state index contributed by atoms with van der Waals surface area (Å²) in [5, 5.41) is 2.75. The Morgan fingerprint density at radius 2 is 1.74 bits per heavy atom. The van der Waals surface area contributed by atoms with Gasteiger partial charge in [0.05, 0.1) is 0 Å². The molecule has 7 nitrogen and oxygen atoms in total. The van der Waals surface area contributed by atoms with Crippen molar-refractivity contribution in [3.8, 4) is 0 Å². The fraction of sp³-hybridized carbons (Fsp3) is 0.500. The van der Waals surface area contributed by atoms with E-state index in [0.29, 0.717) is 12.2 Å². The lowest BCUT2D eigenvalue weighted by Gasteiger charge is -2.22. The molecule has 0 spiro atoms. The van der Waals surface area contributed by atoms with Crippen molar-refractivity contribution in [2.45, 2.75) is 44.9 Å². The van der Waals surface area contributed by atoms with Crippen LogP contribution >= 0.6 is 0 Å². The number of carbonyl (C=O) groups excluding carboxylic acids is 4. The second kappa shape index (κ2) is 7.13. The highest BCUT2D eigenvalue weighted by molar-refractivity contribution is 6.06. The summed E-state index contributed by atoms with van der Waals surface area (Å²) in [4.78, 5) is 51.2. The van der Waals surface area contributed by atoms with Crippen molar-refractivity contribution >= 4 is 35.0 Å². The van der Waals surface area contributed by atoms with E-state index in [1.54, 1.807) is 6.07 Å². The molecule has 2 heterocycles. The van der Waals surface area contributed by atoms with Crippen LogP contribution in [0.1, 0.15) is 44.1 Å². The zero-order valence-electron chi connectivity index (χ0n) is 15.2. The van der Waals surface area contributed by atoms with Crippen LogP contribution in [0.4, 0.5) is 11.4 Å². The van der Waals surface area contributed by atoms with Crippen molar-refractivity contribution in [1.29, 1.82) is 0 Å². The van der Waals surface area contributed by atoms with E-state index in [2.05, 4.69) is 5.32 Å². The maximum atomic E-state index is 12.8. The molecule has 1 saturated carbocycles. The van der Waals surface area contributed by atoms with E-state index in [1.807, 2.05) is 17.0 Å². The molecule has 1 N–H and O–H groups in total. The van der Waals surface area contributed by atoms with Gasteiger partial charge < -0.3 is 10.2 Å². The molecule has 4 amide bonds. The quantitative estimate of drug-likeness (QED) is 0.821. The first kappa shape index (κ1) is 17.7. The van der Waals surface area contributed by atoms with Gasteiger partial charge in [0.1, 0.15) is 6.54 Å². The summed E-state index contributed by atoms with van der Waals surface area (Å²) in [5.41, 5.74) is 2.53. The number of hydrogen-bond donors (Lipinski definition) is 1. The van der Waals surface area contributed by atoms with Crippen LogP contribution in [0.25, 0.3) is 0 Å². The molecule has 0 atom stereocenters. The van der Waals surface area contributed by atoms with Crippen LogP contribution in [-0.2, 0) is 25.6 Å². The summed E-state index contributed by atoms with van der Waals surface area (Å²) in [6, 6.07) is 5.55. The Hall–Kier alpha value is -2.70. The number of imide groups is 1. The fourth-order valence-corrected chi connectivity index (χ4v) is 4.22. The van der Waals surface area contributed by atoms with Crippen molar-refractivity contribution < 1.29 is 19.2 Å². The lowest BCUT2D eigenvalue weighted by Crippen LogP contribution is -2.37. The van der Waals surface area contributed by atoms with E-state index in [-0.39, 0.29) is 43.0 Å². The zero-order chi connectivity index (χ0) is 19.0. The molecule has 2 aliphatic heterocycles. The number of amides is 4. The average Bonchev–Trinajstić information content (AvgIpc) is 3.38. The fourth-order valence-electron chi connectivity index (χ4n) is 4.22. The second-order valence-corrected chi connectivity index (χ2v) is 7.49. The van der Waals surface area contributed by atoms with Gasteiger partial charge in [-0.15, -0.1) is 0 Å². The molecule has 0 unspecified atom stereocenters. The molecule has 3 aliphatic rings. The molecule has 1 aliphatic carbocycles. The molecule has 7 heteroatoms. The SMILES string of the molecule is O=C(CN1C(=O)CCC1=O)Nc1ccc2c(c1)N(C(=O)C1CCCC1)CC2. The summed E-state index contributed by atoms with van der Waals surface area (Å²) in [7, 11) is 0.